The summed E-state index contributed by atoms with van der Waals surface area (Å²) in [4.78, 5) is 2.33. The van der Waals surface area contributed by atoms with Crippen LogP contribution in [0.2, 0.25) is 0 Å². The van der Waals surface area contributed by atoms with Gasteiger partial charge in [0.05, 0.1) is 0 Å². The van der Waals surface area contributed by atoms with Crippen molar-refractivity contribution in [2.24, 2.45) is 0 Å². The van der Waals surface area contributed by atoms with Crippen LogP contribution in [0.5, 0.6) is 11.5 Å². The van der Waals surface area contributed by atoms with Gasteiger partial charge in [-0.15, -0.1) is 35.6 Å². The SMILES string of the molecule is CC[C@](C)(c1ccc(O)cc1)[C@H](CCCCN(CCCl)CCCl)c1ccc(O)cc1.Cl. The van der Waals surface area contributed by atoms with Crippen molar-refractivity contribution in [3.8, 4) is 11.5 Å². The Labute approximate surface area is 203 Å². The molecule has 2 atom stereocenters. The zero-order chi connectivity index (χ0) is 22.0. The smallest absolute Gasteiger partial charge is 0.115 e. The van der Waals surface area contributed by atoms with E-state index >= 15 is 0 Å². The highest BCUT2D eigenvalue weighted by molar-refractivity contribution is 6.18. The van der Waals surface area contributed by atoms with Crippen LogP contribution in [0.1, 0.15) is 56.6 Å². The minimum atomic E-state index is -0.0728. The van der Waals surface area contributed by atoms with E-state index in [-0.39, 0.29) is 29.3 Å². The van der Waals surface area contributed by atoms with E-state index in [0.717, 1.165) is 45.3 Å². The van der Waals surface area contributed by atoms with Crippen molar-refractivity contribution in [3.63, 3.8) is 0 Å². The average molecular weight is 489 g/mol. The number of benzene rings is 2. The molecule has 0 bridgehead atoms. The summed E-state index contributed by atoms with van der Waals surface area (Å²) in [5.74, 6) is 2.14. The van der Waals surface area contributed by atoms with E-state index < -0.39 is 0 Å². The van der Waals surface area contributed by atoms with Crippen molar-refractivity contribution in [1.82, 2.24) is 4.90 Å². The maximum Gasteiger partial charge on any atom is 0.115 e. The van der Waals surface area contributed by atoms with E-state index in [1.165, 1.54) is 11.1 Å². The summed E-state index contributed by atoms with van der Waals surface area (Å²) in [6.45, 7) is 7.28. The first-order chi connectivity index (χ1) is 14.4. The van der Waals surface area contributed by atoms with Crippen molar-refractivity contribution in [2.45, 2.75) is 50.9 Å². The van der Waals surface area contributed by atoms with Crippen molar-refractivity contribution >= 4 is 35.6 Å². The van der Waals surface area contributed by atoms with Crippen LogP contribution in [0.15, 0.2) is 48.5 Å². The molecule has 0 saturated heterocycles. The van der Waals surface area contributed by atoms with Crippen molar-refractivity contribution < 1.29 is 10.2 Å². The number of aromatic hydroxyl groups is 2. The molecule has 0 aliphatic rings. The normalized spacial score (nSPS) is 14.1. The van der Waals surface area contributed by atoms with Gasteiger partial charge in [0, 0.05) is 24.8 Å². The van der Waals surface area contributed by atoms with Crippen LogP contribution in [-0.4, -0.2) is 46.5 Å². The monoisotopic (exact) mass is 487 g/mol. The molecule has 0 aromatic heterocycles. The van der Waals surface area contributed by atoms with Gasteiger partial charge >= 0.3 is 0 Å². The molecular formula is C25H36Cl3NO2. The number of phenolic OH excluding ortho intramolecular Hbond substituents is 2. The summed E-state index contributed by atoms with van der Waals surface area (Å²) in [6, 6.07) is 15.3. The Morgan fingerprint density at radius 2 is 1.35 bits per heavy atom. The lowest BCUT2D eigenvalue weighted by molar-refractivity contribution is 0.286. The highest BCUT2D eigenvalue weighted by atomic mass is 35.5. The second-order valence-electron chi connectivity index (χ2n) is 8.18. The molecule has 6 heteroatoms. The van der Waals surface area contributed by atoms with Crippen molar-refractivity contribution in [1.29, 1.82) is 0 Å². The van der Waals surface area contributed by atoms with E-state index in [4.69, 9.17) is 23.2 Å². The van der Waals surface area contributed by atoms with Crippen LogP contribution in [0.4, 0.5) is 0 Å². The topological polar surface area (TPSA) is 43.7 Å². The summed E-state index contributed by atoms with van der Waals surface area (Å²) in [5, 5.41) is 19.5. The molecule has 2 rings (SSSR count). The third-order valence-electron chi connectivity index (χ3n) is 6.34. The van der Waals surface area contributed by atoms with Crippen molar-refractivity contribution in [3.05, 3.63) is 59.7 Å². The first-order valence-corrected chi connectivity index (χ1v) is 11.9. The van der Waals surface area contributed by atoms with Crippen LogP contribution in [-0.2, 0) is 5.41 Å². The number of unbranched alkanes of at least 4 members (excludes halogenated alkanes) is 1. The Hall–Kier alpha value is -1.13. The molecule has 0 radical (unpaired) electrons. The standard InChI is InChI=1S/C25H35Cl2NO2.ClH/c1-3-25(2,21-9-13-23(30)14-10-21)24(20-7-11-22(29)12-8-20)6-4-5-17-28(18-15-26)19-16-27;/h7-14,24,29-30H,3-6,15-19H2,1-2H3;1H/t24-,25-;/m1./s1. The Morgan fingerprint density at radius 3 is 1.84 bits per heavy atom. The first-order valence-electron chi connectivity index (χ1n) is 10.9. The summed E-state index contributed by atoms with van der Waals surface area (Å²) < 4.78 is 0. The van der Waals surface area contributed by atoms with Gasteiger partial charge in [0.1, 0.15) is 11.5 Å². The molecule has 174 valence electrons. The third kappa shape index (κ3) is 8.05. The third-order valence-corrected chi connectivity index (χ3v) is 6.68. The van der Waals surface area contributed by atoms with Gasteiger partial charge in [-0.3, -0.25) is 0 Å². The zero-order valence-electron chi connectivity index (χ0n) is 18.6. The van der Waals surface area contributed by atoms with Gasteiger partial charge in [-0.1, -0.05) is 44.5 Å². The van der Waals surface area contributed by atoms with Crippen molar-refractivity contribution in [2.75, 3.05) is 31.4 Å². The number of hydrogen-bond donors (Lipinski definition) is 2. The first kappa shape index (κ1) is 27.9. The molecule has 0 fully saturated rings. The van der Waals surface area contributed by atoms with Crippen LogP contribution >= 0.6 is 35.6 Å². The fourth-order valence-corrected chi connectivity index (χ4v) is 4.79. The molecule has 0 saturated carbocycles. The number of alkyl halides is 2. The van der Waals surface area contributed by atoms with Gasteiger partial charge in [-0.2, -0.15) is 0 Å². The molecular weight excluding hydrogens is 453 g/mol. The van der Waals surface area contributed by atoms with Gasteiger partial charge in [0.25, 0.3) is 0 Å². The number of nitrogens with zero attached hydrogens (tertiary/aromatic N) is 1. The molecule has 3 nitrogen and oxygen atoms in total. The number of rotatable bonds is 13. The minimum Gasteiger partial charge on any atom is -0.508 e. The molecule has 0 heterocycles. The average Bonchev–Trinajstić information content (AvgIpc) is 2.75. The molecule has 0 aliphatic heterocycles. The fourth-order valence-electron chi connectivity index (χ4n) is 4.31. The molecule has 0 unspecified atom stereocenters. The van der Waals surface area contributed by atoms with Crippen LogP contribution in [0.25, 0.3) is 0 Å². The molecule has 0 spiro atoms. The van der Waals surface area contributed by atoms with Gasteiger partial charge < -0.3 is 15.1 Å². The Balaban J connectivity index is 0.00000480. The predicted octanol–water partition coefficient (Wildman–Crippen LogP) is 6.92. The second-order valence-corrected chi connectivity index (χ2v) is 8.93. The molecule has 31 heavy (non-hydrogen) atoms. The number of halogens is 3. The summed E-state index contributed by atoms with van der Waals surface area (Å²) in [7, 11) is 0. The quantitative estimate of drug-likeness (QED) is 0.237. The summed E-state index contributed by atoms with van der Waals surface area (Å²) in [5.41, 5.74) is 2.40. The maximum absolute atomic E-state index is 9.77. The van der Waals surface area contributed by atoms with Crippen LogP contribution < -0.4 is 0 Å². The van der Waals surface area contributed by atoms with E-state index in [9.17, 15) is 10.2 Å². The Morgan fingerprint density at radius 1 is 0.839 bits per heavy atom. The fraction of sp³-hybridized carbons (Fsp3) is 0.520. The zero-order valence-corrected chi connectivity index (χ0v) is 20.9. The highest BCUT2D eigenvalue weighted by Gasteiger charge is 2.35. The maximum atomic E-state index is 9.77. The molecule has 2 aromatic carbocycles. The Bertz CT molecular complexity index is 733. The lowest BCUT2D eigenvalue weighted by Gasteiger charge is -2.38. The van der Waals surface area contributed by atoms with Gasteiger partial charge in [0.2, 0.25) is 0 Å². The summed E-state index contributed by atoms with van der Waals surface area (Å²) >= 11 is 11.8. The number of hydrogen-bond acceptors (Lipinski definition) is 3. The van der Waals surface area contributed by atoms with Gasteiger partial charge in [0.15, 0.2) is 0 Å². The summed E-state index contributed by atoms with van der Waals surface area (Å²) in [6.07, 6.45) is 4.22. The highest BCUT2D eigenvalue weighted by Crippen LogP contribution is 2.45. The van der Waals surface area contributed by atoms with E-state index in [1.807, 2.05) is 24.3 Å². The largest absolute Gasteiger partial charge is 0.508 e. The molecule has 2 N–H and O–H groups in total. The van der Waals surface area contributed by atoms with E-state index in [2.05, 4.69) is 18.7 Å². The second kappa shape index (κ2) is 14.1. The lowest BCUT2D eigenvalue weighted by atomic mass is 9.65. The Kier molecular flexibility index (Phi) is 12.7. The minimum absolute atomic E-state index is 0. The van der Waals surface area contributed by atoms with Gasteiger partial charge in [-0.05, 0) is 72.5 Å². The van der Waals surface area contributed by atoms with E-state index in [1.54, 1.807) is 24.3 Å². The molecule has 2 aromatic rings. The van der Waals surface area contributed by atoms with Gasteiger partial charge in [-0.25, -0.2) is 0 Å². The van der Waals surface area contributed by atoms with Crippen LogP contribution in [0.3, 0.4) is 0 Å². The van der Waals surface area contributed by atoms with Crippen LogP contribution in [0, 0.1) is 0 Å². The molecule has 0 amide bonds. The predicted molar refractivity (Wildman–Crippen MR) is 136 cm³/mol. The number of phenols is 2. The lowest BCUT2D eigenvalue weighted by Crippen LogP contribution is -2.31. The molecule has 0 aliphatic carbocycles. The van der Waals surface area contributed by atoms with E-state index in [0.29, 0.717) is 17.7 Å².